The Morgan fingerprint density at radius 3 is 2.67 bits per heavy atom. The fraction of sp³-hybridized carbons (Fsp3) is 0.438. The number of hydrogen-bond acceptors (Lipinski definition) is 2. The molecule has 0 unspecified atom stereocenters. The van der Waals surface area contributed by atoms with Gasteiger partial charge in [0.05, 0.1) is 5.02 Å². The summed E-state index contributed by atoms with van der Waals surface area (Å²) in [5.41, 5.74) is 8.18. The molecular weight excluding hydrogens is 350 g/mol. The van der Waals surface area contributed by atoms with Crippen LogP contribution in [0.4, 0.5) is 5.82 Å². The molecule has 0 atom stereocenters. The van der Waals surface area contributed by atoms with Crippen LogP contribution in [0.25, 0.3) is 11.3 Å². The summed E-state index contributed by atoms with van der Waals surface area (Å²) in [6.45, 7) is 7.38. The molecule has 5 heteroatoms. The van der Waals surface area contributed by atoms with Crippen molar-refractivity contribution in [3.05, 3.63) is 33.5 Å². The van der Waals surface area contributed by atoms with E-state index in [1.165, 1.54) is 0 Å². The van der Waals surface area contributed by atoms with Gasteiger partial charge in [-0.25, -0.2) is 4.98 Å². The number of benzene rings is 1. The zero-order valence-electron chi connectivity index (χ0n) is 12.7. The van der Waals surface area contributed by atoms with E-state index in [-0.39, 0.29) is 0 Å². The fourth-order valence-electron chi connectivity index (χ4n) is 2.33. The zero-order chi connectivity index (χ0) is 15.6. The smallest absolute Gasteiger partial charge is 0.131 e. The number of rotatable bonds is 5. The Morgan fingerprint density at radius 1 is 1.38 bits per heavy atom. The van der Waals surface area contributed by atoms with Crippen molar-refractivity contribution in [3.63, 3.8) is 0 Å². The first-order valence-corrected chi connectivity index (χ1v) is 8.44. The topological polar surface area (TPSA) is 43.8 Å². The van der Waals surface area contributed by atoms with Crippen molar-refractivity contribution in [2.45, 2.75) is 46.1 Å². The highest BCUT2D eigenvalue weighted by atomic mass is 79.9. The van der Waals surface area contributed by atoms with Crippen molar-refractivity contribution in [1.82, 2.24) is 9.55 Å². The van der Waals surface area contributed by atoms with Crippen LogP contribution in [0, 0.1) is 0 Å². The molecule has 1 aromatic heterocycles. The average Bonchev–Trinajstić information content (AvgIpc) is 2.77. The van der Waals surface area contributed by atoms with E-state index in [0.717, 1.165) is 46.8 Å². The number of imidazole rings is 1. The first-order chi connectivity index (χ1) is 9.95. The Labute approximate surface area is 139 Å². The number of hydrogen-bond donors (Lipinski definition) is 1. The summed E-state index contributed by atoms with van der Waals surface area (Å²) in [4.78, 5) is 4.78. The van der Waals surface area contributed by atoms with Crippen LogP contribution >= 0.6 is 27.5 Å². The molecule has 2 rings (SSSR count). The van der Waals surface area contributed by atoms with Gasteiger partial charge in [0.1, 0.15) is 17.3 Å². The number of nitrogens with zero attached hydrogens (tertiary/aromatic N) is 2. The van der Waals surface area contributed by atoms with Crippen LogP contribution in [0.15, 0.2) is 22.7 Å². The highest BCUT2D eigenvalue weighted by molar-refractivity contribution is 9.10. The van der Waals surface area contributed by atoms with E-state index in [2.05, 4.69) is 41.3 Å². The molecule has 2 N–H and O–H groups in total. The third-order valence-corrected chi connectivity index (χ3v) is 4.69. The maximum Gasteiger partial charge on any atom is 0.131 e. The molecule has 1 heterocycles. The lowest BCUT2D eigenvalue weighted by molar-refractivity contribution is 0.588. The second kappa shape index (κ2) is 6.84. The Morgan fingerprint density at radius 2 is 2.10 bits per heavy atom. The van der Waals surface area contributed by atoms with Crippen LogP contribution in [0.2, 0.25) is 5.02 Å². The van der Waals surface area contributed by atoms with Crippen molar-refractivity contribution >= 4 is 33.3 Å². The number of nitrogens with two attached hydrogens (primary N) is 1. The Balaban J connectivity index is 2.51. The molecule has 0 saturated carbocycles. The van der Waals surface area contributed by atoms with E-state index in [4.69, 9.17) is 22.3 Å². The molecule has 0 amide bonds. The molecule has 21 heavy (non-hydrogen) atoms. The first kappa shape index (κ1) is 16.4. The molecule has 0 aliphatic rings. The molecule has 0 radical (unpaired) electrons. The van der Waals surface area contributed by atoms with E-state index >= 15 is 0 Å². The highest BCUT2D eigenvalue weighted by Gasteiger charge is 2.18. The highest BCUT2D eigenvalue weighted by Crippen LogP contribution is 2.33. The molecule has 0 bridgehead atoms. The Bertz CT molecular complexity index is 635. The molecule has 114 valence electrons. The predicted octanol–water partition coefficient (Wildman–Crippen LogP) is 5.47. The van der Waals surface area contributed by atoms with Gasteiger partial charge in [-0.2, -0.15) is 0 Å². The molecule has 0 saturated heterocycles. The molecule has 0 aliphatic heterocycles. The SMILES string of the molecule is CCCCn1c(C(C)C)nc(-c2ccc(Cl)c(Br)c2)c1N. The summed E-state index contributed by atoms with van der Waals surface area (Å²) in [6, 6.07) is 5.79. The summed E-state index contributed by atoms with van der Waals surface area (Å²) in [5, 5.41) is 0.687. The predicted molar refractivity (Wildman–Crippen MR) is 93.8 cm³/mol. The van der Waals surface area contributed by atoms with Gasteiger partial charge in [-0.15, -0.1) is 0 Å². The van der Waals surface area contributed by atoms with Crippen molar-refractivity contribution in [2.24, 2.45) is 0 Å². The molecular formula is C16H21BrClN3. The quantitative estimate of drug-likeness (QED) is 0.758. The van der Waals surface area contributed by atoms with E-state index in [0.29, 0.717) is 10.9 Å². The number of nitrogen functional groups attached to an aromatic ring is 1. The first-order valence-electron chi connectivity index (χ1n) is 7.27. The van der Waals surface area contributed by atoms with Gasteiger partial charge in [-0.05, 0) is 34.5 Å². The minimum atomic E-state index is 0.341. The number of anilines is 1. The van der Waals surface area contributed by atoms with Gasteiger partial charge in [0.2, 0.25) is 0 Å². The second-order valence-corrected chi connectivity index (χ2v) is 6.75. The van der Waals surface area contributed by atoms with Crippen LogP contribution < -0.4 is 5.73 Å². The molecule has 1 aromatic carbocycles. The third-order valence-electron chi connectivity index (χ3n) is 3.48. The molecule has 0 aliphatic carbocycles. The van der Waals surface area contributed by atoms with Crippen LogP contribution in [0.3, 0.4) is 0 Å². The Kier molecular flexibility index (Phi) is 5.33. The monoisotopic (exact) mass is 369 g/mol. The van der Waals surface area contributed by atoms with Crippen LogP contribution in [-0.2, 0) is 6.54 Å². The largest absolute Gasteiger partial charge is 0.383 e. The van der Waals surface area contributed by atoms with Gasteiger partial charge in [0, 0.05) is 22.5 Å². The average molecular weight is 371 g/mol. The zero-order valence-corrected chi connectivity index (χ0v) is 15.0. The van der Waals surface area contributed by atoms with Gasteiger partial charge < -0.3 is 10.3 Å². The van der Waals surface area contributed by atoms with E-state index in [1.807, 2.05) is 18.2 Å². The summed E-state index contributed by atoms with van der Waals surface area (Å²) >= 11 is 9.52. The van der Waals surface area contributed by atoms with Crippen LogP contribution in [0.5, 0.6) is 0 Å². The van der Waals surface area contributed by atoms with Gasteiger partial charge in [0.15, 0.2) is 0 Å². The number of unbranched alkanes of at least 4 members (excludes halogenated alkanes) is 1. The fourth-order valence-corrected chi connectivity index (χ4v) is 2.83. The standard InChI is InChI=1S/C16H21BrClN3/c1-4-5-8-21-15(19)14(20-16(21)10(2)3)11-6-7-13(18)12(17)9-11/h6-7,9-10H,4-5,8,19H2,1-3H3. The summed E-state index contributed by atoms with van der Waals surface area (Å²) in [6.07, 6.45) is 2.24. The van der Waals surface area contributed by atoms with Crippen LogP contribution in [0.1, 0.15) is 45.4 Å². The van der Waals surface area contributed by atoms with E-state index in [1.54, 1.807) is 0 Å². The minimum absolute atomic E-state index is 0.341. The van der Waals surface area contributed by atoms with E-state index < -0.39 is 0 Å². The maximum atomic E-state index is 6.36. The van der Waals surface area contributed by atoms with Gasteiger partial charge >= 0.3 is 0 Å². The van der Waals surface area contributed by atoms with Crippen molar-refractivity contribution in [3.8, 4) is 11.3 Å². The number of halogens is 2. The lowest BCUT2D eigenvalue weighted by atomic mass is 10.1. The minimum Gasteiger partial charge on any atom is -0.383 e. The van der Waals surface area contributed by atoms with Crippen molar-refractivity contribution in [1.29, 1.82) is 0 Å². The van der Waals surface area contributed by atoms with Crippen molar-refractivity contribution < 1.29 is 0 Å². The maximum absolute atomic E-state index is 6.36. The summed E-state index contributed by atoms with van der Waals surface area (Å²) < 4.78 is 3.00. The van der Waals surface area contributed by atoms with Gasteiger partial charge in [-0.3, -0.25) is 0 Å². The normalized spacial score (nSPS) is 11.3. The molecule has 0 fully saturated rings. The van der Waals surface area contributed by atoms with Crippen LogP contribution in [-0.4, -0.2) is 9.55 Å². The second-order valence-electron chi connectivity index (χ2n) is 5.49. The number of aromatic nitrogens is 2. The molecule has 3 nitrogen and oxygen atoms in total. The lowest BCUT2D eigenvalue weighted by Gasteiger charge is -2.11. The third kappa shape index (κ3) is 3.43. The molecule has 0 spiro atoms. The summed E-state index contributed by atoms with van der Waals surface area (Å²) in [7, 11) is 0. The Hall–Kier alpha value is -1.00. The van der Waals surface area contributed by atoms with Gasteiger partial charge in [0.25, 0.3) is 0 Å². The lowest BCUT2D eigenvalue weighted by Crippen LogP contribution is -2.08. The van der Waals surface area contributed by atoms with E-state index in [9.17, 15) is 0 Å². The van der Waals surface area contributed by atoms with Crippen molar-refractivity contribution in [2.75, 3.05) is 5.73 Å². The van der Waals surface area contributed by atoms with Gasteiger partial charge in [-0.1, -0.05) is 44.9 Å². The molecule has 2 aromatic rings. The summed E-state index contributed by atoms with van der Waals surface area (Å²) in [5.74, 6) is 2.12.